The summed E-state index contributed by atoms with van der Waals surface area (Å²) in [5.41, 5.74) is 3.69. The first-order valence-corrected chi connectivity index (χ1v) is 9.37. The molecule has 1 aromatic carbocycles. The van der Waals surface area contributed by atoms with Gasteiger partial charge in [0.1, 0.15) is 17.1 Å². The Morgan fingerprint density at radius 2 is 1.69 bits per heavy atom. The Labute approximate surface area is 167 Å². The molecule has 0 saturated heterocycles. The Morgan fingerprint density at radius 1 is 1.00 bits per heavy atom. The van der Waals surface area contributed by atoms with Crippen LogP contribution in [0.5, 0.6) is 0 Å². The lowest BCUT2D eigenvalue weighted by Crippen LogP contribution is -2.40. The van der Waals surface area contributed by atoms with E-state index >= 15 is 0 Å². The van der Waals surface area contributed by atoms with Crippen LogP contribution >= 0.6 is 0 Å². The summed E-state index contributed by atoms with van der Waals surface area (Å²) >= 11 is 0. The SMILES string of the molecule is Cc1ccc(-c2nc(Cn3c(=O)c4c(C)cc(C)nc4n(C)c3=O)c(C)o2)cc1. The van der Waals surface area contributed by atoms with Crippen LogP contribution in [0.4, 0.5) is 0 Å². The summed E-state index contributed by atoms with van der Waals surface area (Å²) in [5, 5.41) is 0.442. The van der Waals surface area contributed by atoms with E-state index < -0.39 is 5.69 Å². The minimum absolute atomic E-state index is 0.0377. The number of rotatable bonds is 3. The van der Waals surface area contributed by atoms with E-state index in [-0.39, 0.29) is 12.1 Å². The van der Waals surface area contributed by atoms with Crippen molar-refractivity contribution in [2.24, 2.45) is 7.05 Å². The van der Waals surface area contributed by atoms with Crippen molar-refractivity contribution in [2.75, 3.05) is 0 Å². The van der Waals surface area contributed by atoms with Gasteiger partial charge in [0, 0.05) is 18.3 Å². The Hall–Kier alpha value is -3.48. The molecule has 0 fully saturated rings. The molecule has 7 heteroatoms. The Morgan fingerprint density at radius 3 is 2.38 bits per heavy atom. The van der Waals surface area contributed by atoms with E-state index in [0.717, 1.165) is 22.4 Å². The maximum atomic E-state index is 13.1. The summed E-state index contributed by atoms with van der Waals surface area (Å²) in [6.07, 6.45) is 0. The highest BCUT2D eigenvalue weighted by molar-refractivity contribution is 5.78. The van der Waals surface area contributed by atoms with E-state index in [1.165, 1.54) is 9.13 Å². The minimum atomic E-state index is -0.431. The molecule has 29 heavy (non-hydrogen) atoms. The van der Waals surface area contributed by atoms with Crippen LogP contribution in [0, 0.1) is 27.7 Å². The molecule has 3 aromatic heterocycles. The molecule has 0 unspecified atom stereocenters. The number of pyridine rings is 1. The van der Waals surface area contributed by atoms with E-state index in [1.807, 2.05) is 51.1 Å². The summed E-state index contributed by atoms with van der Waals surface area (Å²) in [7, 11) is 1.62. The van der Waals surface area contributed by atoms with Gasteiger partial charge in [-0.05, 0) is 51.5 Å². The van der Waals surface area contributed by atoms with Crippen LogP contribution in [-0.4, -0.2) is 19.1 Å². The molecule has 0 bridgehead atoms. The number of hydrogen-bond acceptors (Lipinski definition) is 5. The molecule has 0 N–H and O–H groups in total. The van der Waals surface area contributed by atoms with E-state index in [1.54, 1.807) is 14.0 Å². The van der Waals surface area contributed by atoms with E-state index in [4.69, 9.17) is 4.42 Å². The van der Waals surface area contributed by atoms with Crippen molar-refractivity contribution < 1.29 is 4.42 Å². The lowest BCUT2D eigenvalue weighted by Gasteiger charge is -2.11. The van der Waals surface area contributed by atoms with Crippen molar-refractivity contribution in [3.63, 3.8) is 0 Å². The molecule has 0 spiro atoms. The van der Waals surface area contributed by atoms with Gasteiger partial charge in [-0.3, -0.25) is 13.9 Å². The molecular formula is C22H22N4O3. The molecule has 4 rings (SSSR count). The topological polar surface area (TPSA) is 82.9 Å². The average Bonchev–Trinajstić information content (AvgIpc) is 3.04. The standard InChI is InChI=1S/C22H22N4O3/c1-12-6-8-16(9-7-12)20-24-17(15(4)29-20)11-26-21(27)18-13(2)10-14(3)23-19(18)25(5)22(26)28/h6-10H,11H2,1-5H3. The average molecular weight is 390 g/mol. The van der Waals surface area contributed by atoms with Gasteiger partial charge in [0.05, 0.1) is 11.9 Å². The smallest absolute Gasteiger partial charge is 0.332 e. The normalized spacial score (nSPS) is 11.3. The zero-order valence-corrected chi connectivity index (χ0v) is 17.1. The maximum Gasteiger partial charge on any atom is 0.332 e. The fourth-order valence-corrected chi connectivity index (χ4v) is 3.50. The molecule has 7 nitrogen and oxygen atoms in total. The second-order valence-corrected chi connectivity index (χ2v) is 7.40. The van der Waals surface area contributed by atoms with Gasteiger partial charge in [-0.2, -0.15) is 0 Å². The third-order valence-electron chi connectivity index (χ3n) is 5.12. The zero-order valence-electron chi connectivity index (χ0n) is 17.1. The summed E-state index contributed by atoms with van der Waals surface area (Å²) in [6, 6.07) is 9.67. The lowest BCUT2D eigenvalue weighted by atomic mass is 10.1. The van der Waals surface area contributed by atoms with Gasteiger partial charge in [0.15, 0.2) is 0 Å². The second kappa shape index (κ2) is 6.84. The van der Waals surface area contributed by atoms with Crippen molar-refractivity contribution in [1.82, 2.24) is 19.1 Å². The molecule has 0 aliphatic heterocycles. The second-order valence-electron chi connectivity index (χ2n) is 7.40. The van der Waals surface area contributed by atoms with Crippen LogP contribution in [-0.2, 0) is 13.6 Å². The minimum Gasteiger partial charge on any atom is -0.441 e. The number of nitrogens with zero attached hydrogens (tertiary/aromatic N) is 4. The molecule has 0 atom stereocenters. The first-order valence-electron chi connectivity index (χ1n) is 9.37. The van der Waals surface area contributed by atoms with E-state index in [2.05, 4.69) is 9.97 Å². The van der Waals surface area contributed by atoms with Crippen molar-refractivity contribution in [3.05, 3.63) is 79.4 Å². The van der Waals surface area contributed by atoms with E-state index in [9.17, 15) is 9.59 Å². The van der Waals surface area contributed by atoms with Crippen molar-refractivity contribution in [3.8, 4) is 11.5 Å². The van der Waals surface area contributed by atoms with Crippen LogP contribution in [0.3, 0.4) is 0 Å². The predicted molar refractivity (Wildman–Crippen MR) is 111 cm³/mol. The number of hydrogen-bond donors (Lipinski definition) is 0. The number of fused-ring (bicyclic) bond motifs is 1. The number of aryl methyl sites for hydroxylation is 5. The maximum absolute atomic E-state index is 13.1. The molecule has 3 heterocycles. The summed E-state index contributed by atoms with van der Waals surface area (Å²) in [5.74, 6) is 1.05. The van der Waals surface area contributed by atoms with Crippen LogP contribution in [0.2, 0.25) is 0 Å². The summed E-state index contributed by atoms with van der Waals surface area (Å²) < 4.78 is 8.40. The van der Waals surface area contributed by atoms with Gasteiger partial charge >= 0.3 is 5.69 Å². The van der Waals surface area contributed by atoms with Crippen LogP contribution in [0.15, 0.2) is 44.3 Å². The third-order valence-corrected chi connectivity index (χ3v) is 5.12. The fourth-order valence-electron chi connectivity index (χ4n) is 3.50. The Bertz CT molecular complexity index is 1360. The summed E-state index contributed by atoms with van der Waals surface area (Å²) in [6.45, 7) is 7.52. The van der Waals surface area contributed by atoms with Gasteiger partial charge in [-0.1, -0.05) is 17.7 Å². The fraction of sp³-hybridized carbons (Fsp3) is 0.273. The quantitative estimate of drug-likeness (QED) is 0.537. The molecule has 148 valence electrons. The van der Waals surface area contributed by atoms with Gasteiger partial charge in [-0.25, -0.2) is 14.8 Å². The van der Waals surface area contributed by atoms with Crippen LogP contribution in [0.1, 0.15) is 28.3 Å². The van der Waals surface area contributed by atoms with Gasteiger partial charge < -0.3 is 4.42 Å². The van der Waals surface area contributed by atoms with Crippen molar-refractivity contribution >= 4 is 11.0 Å². The number of oxazole rings is 1. The van der Waals surface area contributed by atoms with Gasteiger partial charge in [0.2, 0.25) is 5.89 Å². The Kier molecular flexibility index (Phi) is 4.45. The molecule has 0 aliphatic rings. The molecule has 0 radical (unpaired) electrons. The molecule has 4 aromatic rings. The van der Waals surface area contributed by atoms with Gasteiger partial charge in [0.25, 0.3) is 5.56 Å². The highest BCUT2D eigenvalue weighted by Gasteiger charge is 2.18. The number of aromatic nitrogens is 4. The molecular weight excluding hydrogens is 368 g/mol. The molecule has 0 aliphatic carbocycles. The first-order chi connectivity index (χ1) is 13.8. The Balaban J connectivity index is 1.84. The molecule has 0 saturated carbocycles. The van der Waals surface area contributed by atoms with Crippen molar-refractivity contribution in [2.45, 2.75) is 34.2 Å². The van der Waals surface area contributed by atoms with Gasteiger partial charge in [-0.15, -0.1) is 0 Å². The van der Waals surface area contributed by atoms with Crippen molar-refractivity contribution in [1.29, 1.82) is 0 Å². The highest BCUT2D eigenvalue weighted by Crippen LogP contribution is 2.22. The molecule has 0 amide bonds. The highest BCUT2D eigenvalue weighted by atomic mass is 16.4. The predicted octanol–water partition coefficient (Wildman–Crippen LogP) is 3.03. The largest absolute Gasteiger partial charge is 0.441 e. The number of benzene rings is 1. The third kappa shape index (κ3) is 3.18. The summed E-state index contributed by atoms with van der Waals surface area (Å²) in [4.78, 5) is 34.9. The lowest BCUT2D eigenvalue weighted by molar-refractivity contribution is 0.536. The zero-order chi connectivity index (χ0) is 20.9. The van der Waals surface area contributed by atoms with Crippen LogP contribution in [0.25, 0.3) is 22.5 Å². The van der Waals surface area contributed by atoms with Crippen LogP contribution < -0.4 is 11.2 Å². The van der Waals surface area contributed by atoms with E-state index in [0.29, 0.717) is 28.4 Å². The first kappa shape index (κ1) is 18.9. The monoisotopic (exact) mass is 390 g/mol.